The van der Waals surface area contributed by atoms with Gasteiger partial charge in [-0.15, -0.1) is 5.10 Å². The number of thioether (sulfide) groups is 1. The van der Waals surface area contributed by atoms with Gasteiger partial charge in [-0.1, -0.05) is 13.8 Å². The molecule has 1 atom stereocenters. The number of nitrogens with zero attached hydrogens (tertiary/aromatic N) is 4. The summed E-state index contributed by atoms with van der Waals surface area (Å²) in [5, 5.41) is 15.1. The van der Waals surface area contributed by atoms with E-state index in [0.29, 0.717) is 6.04 Å². The second-order valence-electron chi connectivity index (χ2n) is 3.34. The van der Waals surface area contributed by atoms with E-state index < -0.39 is 0 Å². The Labute approximate surface area is 95.0 Å². The van der Waals surface area contributed by atoms with Crippen LogP contribution in [-0.2, 0) is 6.54 Å². The predicted octanol–water partition coefficient (Wildman–Crippen LogP) is 1.10. The Kier molecular flexibility index (Phi) is 5.63. The zero-order valence-corrected chi connectivity index (χ0v) is 10.4. The summed E-state index contributed by atoms with van der Waals surface area (Å²) in [5.74, 6) is 1.98. The van der Waals surface area contributed by atoms with Gasteiger partial charge in [0.15, 0.2) is 5.82 Å². The molecule has 1 aromatic heterocycles. The average Bonchev–Trinajstić information content (AvgIpc) is 2.71. The molecule has 5 nitrogen and oxygen atoms in total. The highest BCUT2D eigenvalue weighted by Gasteiger charge is 2.14. The van der Waals surface area contributed by atoms with Crippen molar-refractivity contribution in [3.63, 3.8) is 0 Å². The minimum atomic E-state index is 0.406. The topological polar surface area (TPSA) is 55.6 Å². The molecule has 0 radical (unpaired) electrons. The minimum absolute atomic E-state index is 0.406. The van der Waals surface area contributed by atoms with Crippen LogP contribution >= 0.6 is 11.8 Å². The standard InChI is InChI=1S/C9H19N5S/c1-4-8(7-15-3)14-9(6-10-5-2)11-12-13-14/h8,10H,4-7H2,1-3H3. The summed E-state index contributed by atoms with van der Waals surface area (Å²) in [5.41, 5.74) is 0. The second kappa shape index (κ2) is 6.79. The molecule has 15 heavy (non-hydrogen) atoms. The van der Waals surface area contributed by atoms with E-state index in [1.54, 1.807) is 0 Å². The molecule has 0 aliphatic rings. The van der Waals surface area contributed by atoms with Crippen LogP contribution in [0.15, 0.2) is 0 Å². The molecule has 0 fully saturated rings. The van der Waals surface area contributed by atoms with Gasteiger partial charge in [0.2, 0.25) is 0 Å². The Morgan fingerprint density at radius 2 is 2.27 bits per heavy atom. The van der Waals surface area contributed by atoms with Crippen molar-refractivity contribution in [3.8, 4) is 0 Å². The van der Waals surface area contributed by atoms with E-state index >= 15 is 0 Å². The molecule has 1 N–H and O–H groups in total. The van der Waals surface area contributed by atoms with Gasteiger partial charge in [0.25, 0.3) is 0 Å². The summed E-state index contributed by atoms with van der Waals surface area (Å²) in [6.07, 6.45) is 3.17. The Balaban J connectivity index is 2.68. The Bertz CT molecular complexity index is 275. The van der Waals surface area contributed by atoms with E-state index in [2.05, 4.69) is 40.9 Å². The molecule has 0 aromatic carbocycles. The third kappa shape index (κ3) is 3.46. The average molecular weight is 229 g/mol. The van der Waals surface area contributed by atoms with Gasteiger partial charge in [0.1, 0.15) is 0 Å². The molecule has 0 saturated carbocycles. The summed E-state index contributed by atoms with van der Waals surface area (Å²) >= 11 is 1.83. The SMILES string of the molecule is CCNCc1nnnn1C(CC)CSC. The van der Waals surface area contributed by atoms with Crippen molar-refractivity contribution in [3.05, 3.63) is 5.82 Å². The van der Waals surface area contributed by atoms with Crippen molar-refractivity contribution in [2.24, 2.45) is 0 Å². The van der Waals surface area contributed by atoms with Crippen molar-refractivity contribution in [2.75, 3.05) is 18.6 Å². The van der Waals surface area contributed by atoms with Gasteiger partial charge in [0, 0.05) is 5.75 Å². The maximum absolute atomic E-state index is 4.06. The molecule has 0 spiro atoms. The number of hydrogen-bond donors (Lipinski definition) is 1. The van der Waals surface area contributed by atoms with Gasteiger partial charge in [0.05, 0.1) is 12.6 Å². The monoisotopic (exact) mass is 229 g/mol. The van der Waals surface area contributed by atoms with Crippen LogP contribution in [0.1, 0.15) is 32.1 Å². The lowest BCUT2D eigenvalue weighted by molar-refractivity contribution is 0.447. The highest BCUT2D eigenvalue weighted by molar-refractivity contribution is 7.98. The molecule has 0 aliphatic heterocycles. The molecular weight excluding hydrogens is 210 g/mol. The fourth-order valence-corrected chi connectivity index (χ4v) is 2.16. The van der Waals surface area contributed by atoms with Crippen molar-refractivity contribution in [1.82, 2.24) is 25.5 Å². The molecule has 1 unspecified atom stereocenters. The van der Waals surface area contributed by atoms with Crippen molar-refractivity contribution in [1.29, 1.82) is 0 Å². The highest BCUT2D eigenvalue weighted by atomic mass is 32.2. The third-order valence-electron chi connectivity index (χ3n) is 2.27. The van der Waals surface area contributed by atoms with Crippen LogP contribution in [0.5, 0.6) is 0 Å². The van der Waals surface area contributed by atoms with Gasteiger partial charge < -0.3 is 5.32 Å². The van der Waals surface area contributed by atoms with E-state index in [1.807, 2.05) is 16.4 Å². The number of rotatable bonds is 7. The number of nitrogens with one attached hydrogen (secondary N) is 1. The van der Waals surface area contributed by atoms with Crippen LogP contribution in [0.25, 0.3) is 0 Å². The van der Waals surface area contributed by atoms with Gasteiger partial charge in [-0.3, -0.25) is 0 Å². The molecule has 1 heterocycles. The van der Waals surface area contributed by atoms with E-state index in [1.165, 1.54) is 0 Å². The van der Waals surface area contributed by atoms with Gasteiger partial charge in [-0.2, -0.15) is 11.8 Å². The predicted molar refractivity (Wildman–Crippen MR) is 62.9 cm³/mol. The maximum Gasteiger partial charge on any atom is 0.165 e. The lowest BCUT2D eigenvalue weighted by Gasteiger charge is -2.15. The van der Waals surface area contributed by atoms with Crippen LogP contribution in [0.2, 0.25) is 0 Å². The molecular formula is C9H19N5S. The number of hydrogen-bond acceptors (Lipinski definition) is 5. The van der Waals surface area contributed by atoms with Crippen molar-refractivity contribution < 1.29 is 0 Å². The number of aromatic nitrogens is 4. The van der Waals surface area contributed by atoms with Gasteiger partial charge >= 0.3 is 0 Å². The van der Waals surface area contributed by atoms with Crippen LogP contribution in [-0.4, -0.2) is 38.8 Å². The molecule has 0 bridgehead atoms. The first-order valence-electron chi connectivity index (χ1n) is 5.29. The van der Waals surface area contributed by atoms with Crippen molar-refractivity contribution >= 4 is 11.8 Å². The van der Waals surface area contributed by atoms with E-state index in [0.717, 1.165) is 31.1 Å². The fourth-order valence-electron chi connectivity index (χ4n) is 1.40. The Hall–Kier alpha value is -0.620. The summed E-state index contributed by atoms with van der Waals surface area (Å²) in [6.45, 7) is 5.92. The van der Waals surface area contributed by atoms with Crippen LogP contribution < -0.4 is 5.32 Å². The van der Waals surface area contributed by atoms with E-state index in [4.69, 9.17) is 0 Å². The van der Waals surface area contributed by atoms with Crippen LogP contribution in [0, 0.1) is 0 Å². The zero-order valence-electron chi connectivity index (χ0n) is 9.60. The third-order valence-corrected chi connectivity index (χ3v) is 2.99. The first kappa shape index (κ1) is 12.4. The summed E-state index contributed by atoms with van der Waals surface area (Å²) in [6, 6.07) is 0.406. The molecule has 0 aliphatic carbocycles. The Morgan fingerprint density at radius 3 is 2.87 bits per heavy atom. The Morgan fingerprint density at radius 1 is 1.47 bits per heavy atom. The first-order chi connectivity index (χ1) is 7.33. The molecule has 1 rings (SSSR count). The van der Waals surface area contributed by atoms with Gasteiger partial charge in [-0.25, -0.2) is 4.68 Å². The normalized spacial score (nSPS) is 13.0. The molecule has 0 amide bonds. The summed E-state index contributed by atoms with van der Waals surface area (Å²) in [4.78, 5) is 0. The summed E-state index contributed by atoms with van der Waals surface area (Å²) < 4.78 is 1.94. The lowest BCUT2D eigenvalue weighted by atomic mass is 10.2. The number of tetrazole rings is 1. The molecule has 1 aromatic rings. The highest BCUT2D eigenvalue weighted by Crippen LogP contribution is 2.15. The zero-order chi connectivity index (χ0) is 11.1. The molecule has 0 saturated heterocycles. The minimum Gasteiger partial charge on any atom is -0.310 e. The van der Waals surface area contributed by atoms with Crippen molar-refractivity contribution in [2.45, 2.75) is 32.9 Å². The first-order valence-corrected chi connectivity index (χ1v) is 6.69. The smallest absolute Gasteiger partial charge is 0.165 e. The lowest BCUT2D eigenvalue weighted by Crippen LogP contribution is -2.21. The largest absolute Gasteiger partial charge is 0.310 e. The quantitative estimate of drug-likeness (QED) is 0.758. The van der Waals surface area contributed by atoms with Gasteiger partial charge in [-0.05, 0) is 29.6 Å². The van der Waals surface area contributed by atoms with E-state index in [-0.39, 0.29) is 0 Å². The maximum atomic E-state index is 4.06. The van der Waals surface area contributed by atoms with Crippen LogP contribution in [0.4, 0.5) is 0 Å². The molecule has 6 heteroatoms. The van der Waals surface area contributed by atoms with E-state index in [9.17, 15) is 0 Å². The summed E-state index contributed by atoms with van der Waals surface area (Å²) in [7, 11) is 0. The second-order valence-corrected chi connectivity index (χ2v) is 4.25. The van der Waals surface area contributed by atoms with Crippen LogP contribution in [0.3, 0.4) is 0 Å². The fraction of sp³-hybridized carbons (Fsp3) is 0.889. The molecule has 86 valence electrons.